The van der Waals surface area contributed by atoms with Crippen LogP contribution in [0.4, 0.5) is 0 Å². The first-order valence-corrected chi connectivity index (χ1v) is 7.30. The van der Waals surface area contributed by atoms with Gasteiger partial charge in [0.25, 0.3) is 0 Å². The Kier molecular flexibility index (Phi) is 7.00. The van der Waals surface area contributed by atoms with Gasteiger partial charge in [0.2, 0.25) is 0 Å². The summed E-state index contributed by atoms with van der Waals surface area (Å²) < 4.78 is 0. The number of rotatable bonds is 8. The van der Waals surface area contributed by atoms with Gasteiger partial charge in [-0.2, -0.15) is 0 Å². The topological polar surface area (TPSA) is 0 Å². The normalized spacial score (nSPS) is 12.9. The van der Waals surface area contributed by atoms with Crippen LogP contribution in [-0.4, -0.2) is 0 Å². The molecule has 0 N–H and O–H groups in total. The Hall–Kier alpha value is -0.780. The molecule has 0 heteroatoms. The van der Waals surface area contributed by atoms with E-state index in [4.69, 9.17) is 0 Å². The van der Waals surface area contributed by atoms with Gasteiger partial charge in [0, 0.05) is 0 Å². The summed E-state index contributed by atoms with van der Waals surface area (Å²) in [6.07, 6.45) is 7.95. The van der Waals surface area contributed by atoms with E-state index in [1.165, 1.54) is 44.1 Å². The summed E-state index contributed by atoms with van der Waals surface area (Å²) in [5.41, 5.74) is 1.43. The molecule has 1 atom stereocenters. The maximum Gasteiger partial charge on any atom is -0.0128 e. The van der Waals surface area contributed by atoms with Crippen molar-refractivity contribution in [1.29, 1.82) is 0 Å². The van der Waals surface area contributed by atoms with Crippen LogP contribution in [0.2, 0.25) is 0 Å². The molecule has 0 bridgehead atoms. The van der Waals surface area contributed by atoms with E-state index in [1.807, 2.05) is 0 Å². The molecule has 0 fully saturated rings. The average Bonchev–Trinajstić information content (AvgIpc) is 2.39. The minimum absolute atomic E-state index is 0.720. The SMILES string of the molecule is CCCCCC(c1[c]cccc1)C(CC)CC. The van der Waals surface area contributed by atoms with E-state index in [1.54, 1.807) is 0 Å². The molecule has 1 radical (unpaired) electrons. The van der Waals surface area contributed by atoms with E-state index in [9.17, 15) is 0 Å². The molecule has 0 aliphatic heterocycles. The van der Waals surface area contributed by atoms with Gasteiger partial charge >= 0.3 is 0 Å². The predicted octanol–water partition coefficient (Wildman–Crippen LogP) is 5.59. The molecule has 0 spiro atoms. The summed E-state index contributed by atoms with van der Waals surface area (Å²) >= 11 is 0. The number of hydrogen-bond acceptors (Lipinski definition) is 0. The van der Waals surface area contributed by atoms with Crippen LogP contribution in [0, 0.1) is 12.0 Å². The lowest BCUT2D eigenvalue weighted by atomic mass is 9.79. The molecule has 0 nitrogen and oxygen atoms in total. The summed E-state index contributed by atoms with van der Waals surface area (Å²) in [6, 6.07) is 12.0. The highest BCUT2D eigenvalue weighted by Gasteiger charge is 2.19. The van der Waals surface area contributed by atoms with Gasteiger partial charge in [0.05, 0.1) is 0 Å². The van der Waals surface area contributed by atoms with Crippen LogP contribution in [0.3, 0.4) is 0 Å². The first kappa shape index (κ1) is 14.3. The summed E-state index contributed by atoms with van der Waals surface area (Å²) in [5.74, 6) is 1.54. The Morgan fingerprint density at radius 2 is 1.82 bits per heavy atom. The zero-order valence-electron chi connectivity index (χ0n) is 11.7. The molecule has 0 heterocycles. The fourth-order valence-electron chi connectivity index (χ4n) is 2.75. The van der Waals surface area contributed by atoms with E-state index in [-0.39, 0.29) is 0 Å². The first-order chi connectivity index (χ1) is 8.33. The quantitative estimate of drug-likeness (QED) is 0.512. The Labute approximate surface area is 107 Å². The second kappa shape index (κ2) is 8.33. The van der Waals surface area contributed by atoms with Gasteiger partial charge in [-0.25, -0.2) is 0 Å². The molecule has 0 aliphatic rings. The van der Waals surface area contributed by atoms with Gasteiger partial charge in [-0.15, -0.1) is 0 Å². The molecule has 1 unspecified atom stereocenters. The third kappa shape index (κ3) is 4.53. The lowest BCUT2D eigenvalue weighted by molar-refractivity contribution is 0.368. The number of unbranched alkanes of at least 4 members (excludes halogenated alkanes) is 2. The Balaban J connectivity index is 2.71. The maximum atomic E-state index is 3.44. The lowest BCUT2D eigenvalue weighted by Gasteiger charge is -2.25. The summed E-state index contributed by atoms with van der Waals surface area (Å²) in [6.45, 7) is 6.93. The van der Waals surface area contributed by atoms with Gasteiger partial charge < -0.3 is 0 Å². The van der Waals surface area contributed by atoms with Crippen molar-refractivity contribution in [3.8, 4) is 0 Å². The minimum Gasteiger partial charge on any atom is -0.0654 e. The molecular weight excluding hydrogens is 204 g/mol. The predicted molar refractivity (Wildman–Crippen MR) is 76.2 cm³/mol. The average molecular weight is 231 g/mol. The van der Waals surface area contributed by atoms with Crippen molar-refractivity contribution in [2.45, 2.75) is 65.2 Å². The monoisotopic (exact) mass is 231 g/mol. The van der Waals surface area contributed by atoms with E-state index in [2.05, 4.69) is 51.1 Å². The van der Waals surface area contributed by atoms with Crippen molar-refractivity contribution >= 4 is 0 Å². The highest BCUT2D eigenvalue weighted by molar-refractivity contribution is 5.18. The Morgan fingerprint density at radius 1 is 1.06 bits per heavy atom. The summed E-state index contributed by atoms with van der Waals surface area (Å²) in [4.78, 5) is 0. The van der Waals surface area contributed by atoms with Crippen LogP contribution in [0.5, 0.6) is 0 Å². The van der Waals surface area contributed by atoms with Crippen molar-refractivity contribution in [1.82, 2.24) is 0 Å². The zero-order chi connectivity index (χ0) is 12.5. The van der Waals surface area contributed by atoms with E-state index < -0.39 is 0 Å². The highest BCUT2D eigenvalue weighted by Crippen LogP contribution is 2.33. The van der Waals surface area contributed by atoms with Gasteiger partial charge in [-0.1, -0.05) is 77.1 Å². The third-order valence-corrected chi connectivity index (χ3v) is 3.87. The molecule has 1 aromatic rings. The van der Waals surface area contributed by atoms with Gasteiger partial charge in [-0.05, 0) is 29.9 Å². The second-order valence-corrected chi connectivity index (χ2v) is 5.00. The van der Waals surface area contributed by atoms with Crippen LogP contribution in [0.1, 0.15) is 70.8 Å². The Morgan fingerprint density at radius 3 is 2.35 bits per heavy atom. The fourth-order valence-corrected chi connectivity index (χ4v) is 2.75. The van der Waals surface area contributed by atoms with Crippen LogP contribution in [0.15, 0.2) is 24.3 Å². The van der Waals surface area contributed by atoms with Crippen molar-refractivity contribution in [2.75, 3.05) is 0 Å². The molecule has 17 heavy (non-hydrogen) atoms. The zero-order valence-corrected chi connectivity index (χ0v) is 11.7. The van der Waals surface area contributed by atoms with E-state index in [0.717, 1.165) is 11.8 Å². The highest BCUT2D eigenvalue weighted by atomic mass is 14.2. The van der Waals surface area contributed by atoms with Crippen LogP contribution >= 0.6 is 0 Å². The Bertz CT molecular complexity index is 271. The van der Waals surface area contributed by atoms with Gasteiger partial charge in [0.1, 0.15) is 0 Å². The largest absolute Gasteiger partial charge is 0.0654 e. The van der Waals surface area contributed by atoms with E-state index in [0.29, 0.717) is 0 Å². The molecule has 0 saturated heterocycles. The molecule has 1 rings (SSSR count). The molecule has 0 amide bonds. The lowest BCUT2D eigenvalue weighted by Crippen LogP contribution is -2.12. The smallest absolute Gasteiger partial charge is 0.0128 e. The van der Waals surface area contributed by atoms with Crippen molar-refractivity contribution in [3.63, 3.8) is 0 Å². The standard InChI is InChI=1S/C17H27/c1-4-7-9-14-17(15(5-2)6-3)16-12-10-8-11-13-16/h8,10-12,15,17H,4-7,9,14H2,1-3H3. The molecule has 95 valence electrons. The molecule has 1 aromatic carbocycles. The second-order valence-electron chi connectivity index (χ2n) is 5.00. The van der Waals surface area contributed by atoms with Crippen LogP contribution < -0.4 is 0 Å². The maximum absolute atomic E-state index is 3.44. The van der Waals surface area contributed by atoms with Crippen molar-refractivity contribution < 1.29 is 0 Å². The van der Waals surface area contributed by atoms with Crippen LogP contribution in [-0.2, 0) is 0 Å². The molecule has 0 aliphatic carbocycles. The molecule has 0 aromatic heterocycles. The fraction of sp³-hybridized carbons (Fsp3) is 0.647. The summed E-state index contributed by atoms with van der Waals surface area (Å²) in [7, 11) is 0. The minimum atomic E-state index is 0.720. The van der Waals surface area contributed by atoms with Gasteiger partial charge in [-0.3, -0.25) is 0 Å². The molecular formula is C17H27. The third-order valence-electron chi connectivity index (χ3n) is 3.87. The summed E-state index contributed by atoms with van der Waals surface area (Å²) in [5, 5.41) is 0. The first-order valence-electron chi connectivity index (χ1n) is 7.30. The van der Waals surface area contributed by atoms with Gasteiger partial charge in [0.15, 0.2) is 0 Å². The van der Waals surface area contributed by atoms with Crippen molar-refractivity contribution in [3.05, 3.63) is 35.9 Å². The van der Waals surface area contributed by atoms with Crippen LogP contribution in [0.25, 0.3) is 0 Å². The van der Waals surface area contributed by atoms with E-state index >= 15 is 0 Å². The number of benzene rings is 1. The van der Waals surface area contributed by atoms with Crippen molar-refractivity contribution in [2.24, 2.45) is 5.92 Å². The molecule has 0 saturated carbocycles. The number of hydrogen-bond donors (Lipinski definition) is 0.